The number of amides is 2. The molecule has 6 nitrogen and oxygen atoms in total. The fourth-order valence-corrected chi connectivity index (χ4v) is 8.54. The van der Waals surface area contributed by atoms with Crippen molar-refractivity contribution in [2.24, 2.45) is 5.41 Å². The van der Waals surface area contributed by atoms with E-state index in [9.17, 15) is 31.2 Å². The fourth-order valence-electron chi connectivity index (χ4n) is 5.89. The number of alkyl halides is 3. The predicted octanol–water partition coefficient (Wildman–Crippen LogP) is 7.02. The second-order valence-electron chi connectivity index (χ2n) is 11.1. The number of halogens is 6. The van der Waals surface area contributed by atoms with Gasteiger partial charge in [-0.25, -0.2) is 8.42 Å². The summed E-state index contributed by atoms with van der Waals surface area (Å²) in [5, 5.41) is -0.550. The summed E-state index contributed by atoms with van der Waals surface area (Å²) in [5.41, 5.74) is -0.328. The molecule has 0 radical (unpaired) electrons. The SMILES string of the molecule is CN(C)C(=O)c1ccc(S(=O)(=O)C2CCC3(CC2)CCN(C(=O)[C@H](c2cc(Cl)cc(Cl)c2)C(F)(F)F)CC3)cc1Cl. The Kier molecular flexibility index (Phi) is 9.29. The Bertz CT molecular complexity index is 1410. The van der Waals surface area contributed by atoms with Crippen LogP contribution in [0.5, 0.6) is 0 Å². The van der Waals surface area contributed by atoms with E-state index in [1.807, 2.05) is 0 Å². The molecule has 41 heavy (non-hydrogen) atoms. The lowest BCUT2D eigenvalue weighted by Crippen LogP contribution is -2.48. The maximum absolute atomic E-state index is 14.0. The molecular formula is C28H30Cl3F3N2O4S. The van der Waals surface area contributed by atoms with Crippen molar-refractivity contribution in [2.75, 3.05) is 27.2 Å². The number of carbonyl (C=O) groups is 2. The van der Waals surface area contributed by atoms with Crippen LogP contribution in [0.1, 0.15) is 60.4 Å². The molecule has 1 spiro atoms. The van der Waals surface area contributed by atoms with Gasteiger partial charge >= 0.3 is 6.18 Å². The normalized spacial score (nSPS) is 18.8. The van der Waals surface area contributed by atoms with Crippen LogP contribution in [0.25, 0.3) is 0 Å². The van der Waals surface area contributed by atoms with Gasteiger partial charge in [0.15, 0.2) is 15.8 Å². The number of hydrogen-bond donors (Lipinski definition) is 0. The van der Waals surface area contributed by atoms with Crippen molar-refractivity contribution < 1.29 is 31.2 Å². The van der Waals surface area contributed by atoms with Crippen LogP contribution in [0.4, 0.5) is 13.2 Å². The number of carbonyl (C=O) groups excluding carboxylic acids is 2. The molecule has 0 aromatic heterocycles. The van der Waals surface area contributed by atoms with Crippen LogP contribution in [0.15, 0.2) is 41.3 Å². The summed E-state index contributed by atoms with van der Waals surface area (Å²) in [7, 11) is -0.563. The lowest BCUT2D eigenvalue weighted by atomic mass is 9.68. The van der Waals surface area contributed by atoms with Crippen molar-refractivity contribution in [1.29, 1.82) is 0 Å². The summed E-state index contributed by atoms with van der Waals surface area (Å²) in [4.78, 5) is 28.0. The summed E-state index contributed by atoms with van der Waals surface area (Å²) in [6.45, 7) is 0.294. The van der Waals surface area contributed by atoms with Crippen molar-refractivity contribution in [3.63, 3.8) is 0 Å². The van der Waals surface area contributed by atoms with Crippen molar-refractivity contribution in [1.82, 2.24) is 9.80 Å². The smallest absolute Gasteiger partial charge is 0.345 e. The number of sulfone groups is 1. The van der Waals surface area contributed by atoms with Crippen LogP contribution in [0.2, 0.25) is 15.1 Å². The molecule has 1 heterocycles. The van der Waals surface area contributed by atoms with Crippen molar-refractivity contribution in [2.45, 2.75) is 60.8 Å². The second kappa shape index (κ2) is 11.9. The number of benzene rings is 2. The summed E-state index contributed by atoms with van der Waals surface area (Å²) < 4.78 is 68.8. The van der Waals surface area contributed by atoms with E-state index in [1.54, 1.807) is 14.1 Å². The molecule has 4 rings (SSSR count). The number of nitrogens with zero attached hydrogens (tertiary/aromatic N) is 2. The van der Waals surface area contributed by atoms with E-state index < -0.39 is 33.1 Å². The van der Waals surface area contributed by atoms with Crippen LogP contribution in [0.3, 0.4) is 0 Å². The highest BCUT2D eigenvalue weighted by atomic mass is 35.5. The first-order valence-corrected chi connectivity index (χ1v) is 15.8. The van der Waals surface area contributed by atoms with Gasteiger partial charge in [0.2, 0.25) is 5.91 Å². The fraction of sp³-hybridized carbons (Fsp3) is 0.500. The molecule has 1 aliphatic carbocycles. The first-order valence-electron chi connectivity index (χ1n) is 13.1. The molecule has 1 saturated carbocycles. The average Bonchev–Trinajstić information content (AvgIpc) is 2.87. The zero-order chi connectivity index (χ0) is 30.3. The largest absolute Gasteiger partial charge is 0.404 e. The van der Waals surface area contributed by atoms with E-state index in [2.05, 4.69) is 0 Å². The Balaban J connectivity index is 1.41. The zero-order valence-electron chi connectivity index (χ0n) is 22.5. The highest BCUT2D eigenvalue weighted by Gasteiger charge is 2.50. The van der Waals surface area contributed by atoms with Crippen molar-refractivity contribution in [3.8, 4) is 0 Å². The van der Waals surface area contributed by atoms with Gasteiger partial charge in [0.05, 0.1) is 20.7 Å². The quantitative estimate of drug-likeness (QED) is 0.348. The molecule has 2 aliphatic rings. The molecule has 2 aromatic rings. The van der Waals surface area contributed by atoms with Gasteiger partial charge in [-0.3, -0.25) is 9.59 Å². The molecule has 2 fully saturated rings. The van der Waals surface area contributed by atoms with E-state index in [0.717, 1.165) is 12.1 Å². The highest BCUT2D eigenvalue weighted by Crippen LogP contribution is 2.48. The summed E-state index contributed by atoms with van der Waals surface area (Å²) in [6.07, 6.45) is -1.92. The molecular weight excluding hydrogens is 624 g/mol. The molecule has 2 aromatic carbocycles. The molecule has 1 atom stereocenters. The van der Waals surface area contributed by atoms with Gasteiger partial charge in [-0.1, -0.05) is 34.8 Å². The minimum atomic E-state index is -4.83. The topological polar surface area (TPSA) is 74.8 Å². The van der Waals surface area contributed by atoms with Crippen molar-refractivity contribution in [3.05, 3.63) is 62.6 Å². The Hall–Kier alpha value is -2.01. The van der Waals surface area contributed by atoms with E-state index >= 15 is 0 Å². The van der Waals surface area contributed by atoms with Crippen LogP contribution < -0.4 is 0 Å². The molecule has 1 aliphatic heterocycles. The summed E-state index contributed by atoms with van der Waals surface area (Å²) >= 11 is 18.1. The molecule has 13 heteroatoms. The molecule has 2 amide bonds. The molecule has 0 unspecified atom stereocenters. The van der Waals surface area contributed by atoms with Crippen LogP contribution in [0, 0.1) is 5.41 Å². The van der Waals surface area contributed by atoms with Crippen LogP contribution in [-0.4, -0.2) is 68.6 Å². The Morgan fingerprint density at radius 3 is 2.00 bits per heavy atom. The monoisotopic (exact) mass is 652 g/mol. The van der Waals surface area contributed by atoms with Gasteiger partial charge < -0.3 is 9.80 Å². The number of hydrogen-bond acceptors (Lipinski definition) is 4. The van der Waals surface area contributed by atoms with E-state index in [1.165, 1.54) is 34.1 Å². The van der Waals surface area contributed by atoms with Gasteiger partial charge in [-0.2, -0.15) is 13.2 Å². The lowest BCUT2D eigenvalue weighted by molar-refractivity contribution is -0.173. The molecule has 0 bridgehead atoms. The number of likely N-dealkylation sites (tertiary alicyclic amines) is 1. The predicted molar refractivity (Wildman–Crippen MR) is 152 cm³/mol. The minimum absolute atomic E-state index is 0.0131. The van der Waals surface area contributed by atoms with Gasteiger partial charge in [0.25, 0.3) is 5.91 Å². The third kappa shape index (κ3) is 6.81. The van der Waals surface area contributed by atoms with Gasteiger partial charge in [0.1, 0.15) is 0 Å². The zero-order valence-corrected chi connectivity index (χ0v) is 25.6. The Labute approximate surface area is 252 Å². The Morgan fingerprint density at radius 1 is 0.951 bits per heavy atom. The highest BCUT2D eigenvalue weighted by molar-refractivity contribution is 7.92. The van der Waals surface area contributed by atoms with Crippen LogP contribution >= 0.6 is 34.8 Å². The lowest BCUT2D eigenvalue weighted by Gasteiger charge is -2.46. The van der Waals surface area contributed by atoms with E-state index in [0.29, 0.717) is 38.5 Å². The first kappa shape index (κ1) is 31.9. The third-order valence-electron chi connectivity index (χ3n) is 8.27. The molecule has 224 valence electrons. The van der Waals surface area contributed by atoms with E-state index in [4.69, 9.17) is 34.8 Å². The van der Waals surface area contributed by atoms with E-state index in [-0.39, 0.29) is 55.5 Å². The van der Waals surface area contributed by atoms with Gasteiger partial charge in [-0.15, -0.1) is 0 Å². The van der Waals surface area contributed by atoms with Gasteiger partial charge in [0, 0.05) is 37.2 Å². The first-order chi connectivity index (χ1) is 19.0. The standard InChI is InChI=1S/C28H30Cl3F3N2O4S/c1-35(2)25(37)22-4-3-21(16-23(22)31)41(39,40)20-5-7-27(8-6-20)9-11-36(12-10-27)26(38)24(28(32,33)34)17-13-18(29)15-19(30)14-17/h3-4,13-16,20,24H,5-12H2,1-2H3/t24-/m0/s1. The maximum atomic E-state index is 14.0. The number of piperidine rings is 1. The summed E-state index contributed by atoms with van der Waals surface area (Å²) in [6, 6.07) is 7.65. The minimum Gasteiger partial charge on any atom is -0.345 e. The molecule has 0 N–H and O–H groups in total. The summed E-state index contributed by atoms with van der Waals surface area (Å²) in [5.74, 6) is -3.75. The Morgan fingerprint density at radius 2 is 1.51 bits per heavy atom. The maximum Gasteiger partial charge on any atom is 0.404 e. The van der Waals surface area contributed by atoms with Crippen LogP contribution in [-0.2, 0) is 14.6 Å². The molecule has 1 saturated heterocycles. The average molecular weight is 654 g/mol. The second-order valence-corrected chi connectivity index (χ2v) is 14.6. The number of rotatable bonds is 5. The van der Waals surface area contributed by atoms with Crippen molar-refractivity contribution >= 4 is 56.5 Å². The van der Waals surface area contributed by atoms with Gasteiger partial charge in [-0.05, 0) is 85.9 Å². The third-order valence-corrected chi connectivity index (χ3v) is 11.3.